The smallest absolute Gasteiger partial charge is 0.337 e. The molecular weight excluding hydrogens is 508 g/mol. The molecule has 2 N–H and O–H groups in total. The lowest BCUT2D eigenvalue weighted by atomic mass is 9.96. The molecule has 1 aromatic carbocycles. The van der Waals surface area contributed by atoms with Gasteiger partial charge in [-0.2, -0.15) is 4.31 Å². The number of imidazole rings is 1. The van der Waals surface area contributed by atoms with Gasteiger partial charge in [0.05, 0.1) is 17.3 Å². The van der Waals surface area contributed by atoms with Crippen molar-refractivity contribution in [3.8, 4) is 0 Å². The first kappa shape index (κ1) is 27.3. The van der Waals surface area contributed by atoms with Crippen molar-refractivity contribution in [2.75, 3.05) is 39.0 Å². The van der Waals surface area contributed by atoms with Crippen LogP contribution in [0.1, 0.15) is 52.0 Å². The molecule has 38 heavy (non-hydrogen) atoms. The van der Waals surface area contributed by atoms with E-state index in [1.807, 2.05) is 32.0 Å². The second-order valence-corrected chi connectivity index (χ2v) is 13.3. The van der Waals surface area contributed by atoms with Crippen molar-refractivity contribution in [2.45, 2.75) is 76.3 Å². The lowest BCUT2D eigenvalue weighted by molar-refractivity contribution is -0.0599. The van der Waals surface area contributed by atoms with Crippen LogP contribution in [-0.2, 0) is 10.0 Å². The first-order chi connectivity index (χ1) is 18.0. The Morgan fingerprint density at radius 2 is 1.66 bits per heavy atom. The third-order valence-electron chi connectivity index (χ3n) is 8.46. The van der Waals surface area contributed by atoms with Gasteiger partial charge in [-0.25, -0.2) is 22.6 Å². The second-order valence-electron chi connectivity index (χ2n) is 11.3. The Kier molecular flexibility index (Phi) is 7.71. The van der Waals surface area contributed by atoms with Crippen molar-refractivity contribution in [2.24, 2.45) is 0 Å². The van der Waals surface area contributed by atoms with Crippen molar-refractivity contribution in [1.82, 2.24) is 28.6 Å². The molecule has 0 saturated carbocycles. The van der Waals surface area contributed by atoms with Crippen LogP contribution in [0.3, 0.4) is 0 Å². The Morgan fingerprint density at radius 1 is 1.05 bits per heavy atom. The number of nitrogens with zero attached hydrogens (tertiary/aromatic N) is 5. The summed E-state index contributed by atoms with van der Waals surface area (Å²) in [5.74, 6) is 0. The number of nitrogens with one attached hydrogen (secondary N) is 1. The van der Waals surface area contributed by atoms with Gasteiger partial charge in [0.15, 0.2) is 0 Å². The van der Waals surface area contributed by atoms with Gasteiger partial charge in [0, 0.05) is 56.9 Å². The van der Waals surface area contributed by atoms with Crippen LogP contribution in [-0.4, -0.2) is 106 Å². The predicted molar refractivity (Wildman–Crippen MR) is 146 cm³/mol. The van der Waals surface area contributed by atoms with E-state index in [4.69, 9.17) is 0 Å². The maximum Gasteiger partial charge on any atom is 0.337 e. The highest BCUT2D eigenvalue weighted by Gasteiger charge is 2.44. The number of aromatic nitrogens is 2. The molecule has 3 aliphatic heterocycles. The highest BCUT2D eigenvalue weighted by molar-refractivity contribution is 7.88. The zero-order chi connectivity index (χ0) is 27.2. The minimum Gasteiger partial charge on any atom is -0.378 e. The SMILES string of the molecule is CC(C)n1c(=O)n(C(=O)N[C@@H]2C[C@H]3CC[C@@H](C2)N3[C@@H](O)CCN2CCN(S(C)(=O)=O)CC2)c2ccccc21. The molecule has 12 heteroatoms. The van der Waals surface area contributed by atoms with Gasteiger partial charge in [-0.3, -0.25) is 9.47 Å². The number of sulfonamides is 1. The molecule has 210 valence electrons. The van der Waals surface area contributed by atoms with Crippen LogP contribution >= 0.6 is 0 Å². The summed E-state index contributed by atoms with van der Waals surface area (Å²) in [5.41, 5.74) is 1.03. The number of aliphatic hydroxyl groups excluding tert-OH is 1. The van der Waals surface area contributed by atoms with Gasteiger partial charge in [-0.05, 0) is 58.1 Å². The molecule has 2 bridgehead atoms. The largest absolute Gasteiger partial charge is 0.378 e. The fourth-order valence-corrected chi connectivity index (χ4v) is 7.48. The summed E-state index contributed by atoms with van der Waals surface area (Å²) in [6.07, 6.45) is 4.72. The number of amides is 1. The number of piperidine rings is 1. The number of hydrogen-bond donors (Lipinski definition) is 2. The molecule has 5 rings (SSSR count). The van der Waals surface area contributed by atoms with Gasteiger partial charge in [-0.15, -0.1) is 0 Å². The van der Waals surface area contributed by atoms with Crippen LogP contribution in [0.4, 0.5) is 4.79 Å². The van der Waals surface area contributed by atoms with Crippen molar-refractivity contribution >= 4 is 27.1 Å². The summed E-state index contributed by atoms with van der Waals surface area (Å²) in [6, 6.07) is 7.24. The standard InChI is InChI=1S/C26H40N6O5S/c1-18(2)30-22-6-4-5-7-23(22)32(26(30)35)25(34)27-19-16-20-8-9-21(17-19)31(20)24(33)10-11-28-12-14-29(15-13-28)38(3,36)37/h4-7,18-21,24,33H,8-17H2,1-3H3,(H,27,34)/t19-,20-,21+,24-/m0/s1. The first-order valence-corrected chi connectivity index (χ1v) is 15.5. The van der Waals surface area contributed by atoms with Crippen molar-refractivity contribution in [1.29, 1.82) is 0 Å². The molecule has 0 spiro atoms. The third-order valence-corrected chi connectivity index (χ3v) is 9.77. The molecule has 3 aliphatic rings. The van der Waals surface area contributed by atoms with E-state index in [1.54, 1.807) is 10.6 Å². The van der Waals surface area contributed by atoms with Crippen LogP contribution in [0.5, 0.6) is 0 Å². The maximum absolute atomic E-state index is 13.3. The topological polar surface area (TPSA) is 120 Å². The summed E-state index contributed by atoms with van der Waals surface area (Å²) >= 11 is 0. The Balaban J connectivity index is 1.18. The minimum atomic E-state index is -3.15. The molecule has 2 aromatic rings. The molecule has 4 heterocycles. The van der Waals surface area contributed by atoms with Crippen LogP contribution in [0, 0.1) is 0 Å². The number of aliphatic hydroxyl groups is 1. The van der Waals surface area contributed by atoms with Crippen LogP contribution in [0.2, 0.25) is 0 Å². The number of piperazine rings is 1. The molecule has 1 aromatic heterocycles. The molecule has 11 nitrogen and oxygen atoms in total. The molecule has 1 amide bonds. The van der Waals surface area contributed by atoms with Gasteiger partial charge in [0.1, 0.15) is 6.23 Å². The molecule has 0 unspecified atom stereocenters. The molecule has 4 atom stereocenters. The molecule has 0 aliphatic carbocycles. The van der Waals surface area contributed by atoms with E-state index in [2.05, 4.69) is 15.1 Å². The van der Waals surface area contributed by atoms with E-state index in [9.17, 15) is 23.1 Å². The fourth-order valence-electron chi connectivity index (χ4n) is 6.65. The van der Waals surface area contributed by atoms with Gasteiger partial charge in [0.2, 0.25) is 10.0 Å². The lowest BCUT2D eigenvalue weighted by Gasteiger charge is -2.42. The third kappa shape index (κ3) is 5.29. The highest BCUT2D eigenvalue weighted by atomic mass is 32.2. The highest BCUT2D eigenvalue weighted by Crippen LogP contribution is 2.37. The number of hydrogen-bond acceptors (Lipinski definition) is 7. The van der Waals surface area contributed by atoms with Crippen LogP contribution in [0.25, 0.3) is 11.0 Å². The van der Waals surface area contributed by atoms with Crippen molar-refractivity contribution in [3.05, 3.63) is 34.7 Å². The average Bonchev–Trinajstić information content (AvgIpc) is 3.32. The number of para-hydroxylation sites is 2. The van der Waals surface area contributed by atoms with Gasteiger partial charge >= 0.3 is 11.7 Å². The predicted octanol–water partition coefficient (Wildman–Crippen LogP) is 1.22. The Bertz CT molecular complexity index is 1320. The number of carbonyl (C=O) groups excluding carboxylic acids is 1. The van der Waals surface area contributed by atoms with Gasteiger partial charge < -0.3 is 15.3 Å². The van der Waals surface area contributed by atoms with E-state index in [0.717, 1.165) is 37.7 Å². The van der Waals surface area contributed by atoms with Gasteiger partial charge in [-0.1, -0.05) is 12.1 Å². The summed E-state index contributed by atoms with van der Waals surface area (Å²) in [7, 11) is -3.15. The summed E-state index contributed by atoms with van der Waals surface area (Å²) in [6.45, 7) is 6.92. The summed E-state index contributed by atoms with van der Waals surface area (Å²) in [4.78, 5) is 30.9. The Morgan fingerprint density at radius 3 is 2.24 bits per heavy atom. The molecule has 0 radical (unpaired) electrons. The minimum absolute atomic E-state index is 0.0550. The molecular formula is C26H40N6O5S. The van der Waals surface area contributed by atoms with Crippen molar-refractivity contribution in [3.63, 3.8) is 0 Å². The number of rotatable bonds is 7. The number of carbonyl (C=O) groups is 1. The Hall–Kier alpha value is -2.25. The lowest BCUT2D eigenvalue weighted by Crippen LogP contribution is -2.55. The van der Waals surface area contributed by atoms with E-state index in [-0.39, 0.29) is 29.9 Å². The number of fused-ring (bicyclic) bond motifs is 3. The normalized spacial score (nSPS) is 26.3. The average molecular weight is 549 g/mol. The molecule has 3 saturated heterocycles. The van der Waals surface area contributed by atoms with Gasteiger partial charge in [0.25, 0.3) is 0 Å². The first-order valence-electron chi connectivity index (χ1n) is 13.7. The maximum atomic E-state index is 13.3. The quantitative estimate of drug-likeness (QED) is 0.534. The van der Waals surface area contributed by atoms with E-state index >= 15 is 0 Å². The second kappa shape index (κ2) is 10.7. The Labute approximate surface area is 224 Å². The zero-order valence-corrected chi connectivity index (χ0v) is 23.3. The van der Waals surface area contributed by atoms with E-state index in [1.165, 1.54) is 15.1 Å². The monoisotopic (exact) mass is 548 g/mol. The van der Waals surface area contributed by atoms with E-state index in [0.29, 0.717) is 38.1 Å². The van der Waals surface area contributed by atoms with Crippen molar-refractivity contribution < 1.29 is 18.3 Å². The summed E-state index contributed by atoms with van der Waals surface area (Å²) < 4.78 is 27.9. The molecule has 3 fully saturated rings. The van der Waals surface area contributed by atoms with Crippen LogP contribution < -0.4 is 11.0 Å². The fraction of sp³-hybridized carbons (Fsp3) is 0.692. The van der Waals surface area contributed by atoms with Crippen LogP contribution in [0.15, 0.2) is 29.1 Å². The zero-order valence-electron chi connectivity index (χ0n) is 22.5. The summed E-state index contributed by atoms with van der Waals surface area (Å²) in [5, 5.41) is 14.2. The van der Waals surface area contributed by atoms with E-state index < -0.39 is 22.3 Å². The number of benzene rings is 1.